The molecule has 0 unspecified atom stereocenters. The number of likely N-dealkylation sites (N-methyl/N-ethyl adjacent to an activating group) is 1. The highest BCUT2D eigenvalue weighted by molar-refractivity contribution is 6.09. The number of nitrogens with one attached hydrogen (secondary N) is 1. The Bertz CT molecular complexity index is 976. The maximum atomic E-state index is 13.4. The van der Waals surface area contributed by atoms with Crippen molar-refractivity contribution in [2.24, 2.45) is 0 Å². The minimum atomic E-state index is -1.28. The highest BCUT2D eigenvalue weighted by Crippen LogP contribution is 2.34. The largest absolute Gasteiger partial charge is 0.340 e. The zero-order valence-corrected chi connectivity index (χ0v) is 18.2. The number of imide groups is 1. The lowest BCUT2D eigenvalue weighted by atomic mass is 9.85. The van der Waals surface area contributed by atoms with Crippen LogP contribution in [0.5, 0.6) is 0 Å². The third-order valence-electron chi connectivity index (χ3n) is 5.81. The molecule has 1 heterocycles. The molecule has 0 bridgehead atoms. The quantitative estimate of drug-likeness (QED) is 0.655. The third kappa shape index (κ3) is 4.60. The first-order valence-electron chi connectivity index (χ1n) is 10.5. The lowest BCUT2D eigenvalue weighted by Crippen LogP contribution is -2.45. The van der Waals surface area contributed by atoms with Gasteiger partial charge in [-0.25, -0.2) is 9.18 Å². The Hall–Kier alpha value is -3.22. The second-order valence-electron chi connectivity index (χ2n) is 8.01. The first-order valence-corrected chi connectivity index (χ1v) is 10.5. The molecule has 1 fully saturated rings. The molecule has 0 spiro atoms. The standard InChI is InChI=1S/C24H28FN3O3/c1-4-5-14-24(19-10-12-20(25)13-11-19)22(30)28(23(31)26-24)16-21(29)27(3)15-18-9-7-6-8-17(18)2/h6-13H,4-5,14-16H2,1-3H3,(H,26,31)/t24-/m1/s1. The van der Waals surface area contributed by atoms with Gasteiger partial charge in [0.1, 0.15) is 17.9 Å². The van der Waals surface area contributed by atoms with Gasteiger partial charge in [-0.05, 0) is 42.2 Å². The molecule has 1 N–H and O–H groups in total. The third-order valence-corrected chi connectivity index (χ3v) is 5.81. The van der Waals surface area contributed by atoms with Gasteiger partial charge in [0.15, 0.2) is 0 Å². The molecule has 31 heavy (non-hydrogen) atoms. The van der Waals surface area contributed by atoms with Crippen LogP contribution in [0, 0.1) is 12.7 Å². The van der Waals surface area contributed by atoms with Gasteiger partial charge in [0.05, 0.1) is 0 Å². The minimum Gasteiger partial charge on any atom is -0.340 e. The van der Waals surface area contributed by atoms with E-state index in [1.807, 2.05) is 38.1 Å². The number of carbonyl (C=O) groups is 3. The van der Waals surface area contributed by atoms with Crippen LogP contribution in [-0.4, -0.2) is 41.2 Å². The van der Waals surface area contributed by atoms with E-state index in [0.717, 1.165) is 22.4 Å². The summed E-state index contributed by atoms with van der Waals surface area (Å²) in [5, 5.41) is 2.79. The molecule has 164 valence electrons. The van der Waals surface area contributed by atoms with Gasteiger partial charge in [-0.2, -0.15) is 0 Å². The zero-order valence-electron chi connectivity index (χ0n) is 18.2. The Morgan fingerprint density at radius 3 is 2.45 bits per heavy atom. The van der Waals surface area contributed by atoms with Crippen LogP contribution in [0.25, 0.3) is 0 Å². The molecule has 3 rings (SSSR count). The van der Waals surface area contributed by atoms with Crippen molar-refractivity contribution in [3.05, 3.63) is 71.0 Å². The lowest BCUT2D eigenvalue weighted by Gasteiger charge is -2.27. The number of amides is 4. The van der Waals surface area contributed by atoms with Crippen molar-refractivity contribution >= 4 is 17.8 Å². The molecule has 6 nitrogen and oxygen atoms in total. The first kappa shape index (κ1) is 22.5. The maximum Gasteiger partial charge on any atom is 0.325 e. The summed E-state index contributed by atoms with van der Waals surface area (Å²) in [7, 11) is 1.65. The number of benzene rings is 2. The zero-order chi connectivity index (χ0) is 22.6. The molecular weight excluding hydrogens is 397 g/mol. The summed E-state index contributed by atoms with van der Waals surface area (Å²) in [6, 6.07) is 12.7. The Balaban J connectivity index is 1.79. The van der Waals surface area contributed by atoms with Gasteiger partial charge in [-0.1, -0.05) is 56.2 Å². The molecule has 7 heteroatoms. The van der Waals surface area contributed by atoms with Crippen molar-refractivity contribution in [1.29, 1.82) is 0 Å². The number of carbonyl (C=O) groups excluding carboxylic acids is 3. The van der Waals surface area contributed by atoms with E-state index in [-0.39, 0.29) is 12.5 Å². The molecule has 0 aromatic heterocycles. The van der Waals surface area contributed by atoms with Crippen molar-refractivity contribution in [1.82, 2.24) is 15.1 Å². The average Bonchev–Trinajstić information content (AvgIpc) is 2.99. The van der Waals surface area contributed by atoms with E-state index in [0.29, 0.717) is 24.9 Å². The predicted octanol–water partition coefficient (Wildman–Crippen LogP) is 3.73. The van der Waals surface area contributed by atoms with Gasteiger partial charge in [0.25, 0.3) is 5.91 Å². The average molecular weight is 426 g/mol. The molecule has 1 saturated heterocycles. The van der Waals surface area contributed by atoms with Gasteiger partial charge >= 0.3 is 6.03 Å². The highest BCUT2D eigenvalue weighted by atomic mass is 19.1. The van der Waals surface area contributed by atoms with E-state index in [2.05, 4.69) is 5.32 Å². The number of hydrogen-bond donors (Lipinski definition) is 1. The van der Waals surface area contributed by atoms with Crippen molar-refractivity contribution in [2.75, 3.05) is 13.6 Å². The summed E-state index contributed by atoms with van der Waals surface area (Å²) < 4.78 is 13.4. The fourth-order valence-corrected chi connectivity index (χ4v) is 3.84. The van der Waals surface area contributed by atoms with E-state index in [1.54, 1.807) is 7.05 Å². The van der Waals surface area contributed by atoms with Crippen LogP contribution in [0.3, 0.4) is 0 Å². The second kappa shape index (κ2) is 9.29. The van der Waals surface area contributed by atoms with Crippen LogP contribution in [0.4, 0.5) is 9.18 Å². The molecule has 0 aliphatic carbocycles. The monoisotopic (exact) mass is 425 g/mol. The van der Waals surface area contributed by atoms with Gasteiger partial charge in [-0.3, -0.25) is 14.5 Å². The van der Waals surface area contributed by atoms with Gasteiger partial charge in [0, 0.05) is 13.6 Å². The highest BCUT2D eigenvalue weighted by Gasteiger charge is 2.52. The Kier molecular flexibility index (Phi) is 6.73. The van der Waals surface area contributed by atoms with E-state index < -0.39 is 23.3 Å². The first-order chi connectivity index (χ1) is 14.8. The van der Waals surface area contributed by atoms with E-state index in [4.69, 9.17) is 0 Å². The topological polar surface area (TPSA) is 69.7 Å². The summed E-state index contributed by atoms with van der Waals surface area (Å²) in [5.74, 6) is -1.23. The molecule has 1 atom stereocenters. The predicted molar refractivity (Wildman–Crippen MR) is 116 cm³/mol. The van der Waals surface area contributed by atoms with Crippen LogP contribution in [0.1, 0.15) is 42.9 Å². The smallest absolute Gasteiger partial charge is 0.325 e. The summed E-state index contributed by atoms with van der Waals surface area (Å²) in [5.41, 5.74) is 1.30. The molecule has 1 aliphatic rings. The molecular formula is C24H28FN3O3. The Morgan fingerprint density at radius 2 is 1.81 bits per heavy atom. The SMILES string of the molecule is CCCC[C@]1(c2ccc(F)cc2)NC(=O)N(CC(=O)N(C)Cc2ccccc2C)C1=O. The summed E-state index contributed by atoms with van der Waals surface area (Å²) in [6.07, 6.45) is 1.89. The van der Waals surface area contributed by atoms with Crippen LogP contribution in [0.15, 0.2) is 48.5 Å². The number of urea groups is 1. The molecule has 0 saturated carbocycles. The Labute approximate surface area is 182 Å². The van der Waals surface area contributed by atoms with Crippen LogP contribution in [0.2, 0.25) is 0 Å². The van der Waals surface area contributed by atoms with Gasteiger partial charge < -0.3 is 10.2 Å². The van der Waals surface area contributed by atoms with Crippen molar-refractivity contribution in [2.45, 2.75) is 45.2 Å². The van der Waals surface area contributed by atoms with Gasteiger partial charge in [0.2, 0.25) is 5.91 Å². The van der Waals surface area contributed by atoms with Crippen molar-refractivity contribution in [3.63, 3.8) is 0 Å². The van der Waals surface area contributed by atoms with Crippen LogP contribution < -0.4 is 5.32 Å². The number of hydrogen-bond acceptors (Lipinski definition) is 3. The number of nitrogens with zero attached hydrogens (tertiary/aromatic N) is 2. The van der Waals surface area contributed by atoms with Crippen molar-refractivity contribution in [3.8, 4) is 0 Å². The van der Waals surface area contributed by atoms with E-state index >= 15 is 0 Å². The van der Waals surface area contributed by atoms with Crippen LogP contribution >= 0.6 is 0 Å². The molecule has 0 radical (unpaired) electrons. The second-order valence-corrected chi connectivity index (χ2v) is 8.01. The normalized spacial score (nSPS) is 18.3. The van der Waals surface area contributed by atoms with Gasteiger partial charge in [-0.15, -0.1) is 0 Å². The summed E-state index contributed by atoms with van der Waals surface area (Å²) in [6.45, 7) is 3.99. The van der Waals surface area contributed by atoms with E-state index in [9.17, 15) is 18.8 Å². The summed E-state index contributed by atoms with van der Waals surface area (Å²) in [4.78, 5) is 41.4. The van der Waals surface area contributed by atoms with Crippen LogP contribution in [-0.2, 0) is 21.7 Å². The molecule has 2 aromatic carbocycles. The Morgan fingerprint density at radius 1 is 1.13 bits per heavy atom. The molecule has 1 aliphatic heterocycles. The number of aryl methyl sites for hydroxylation is 1. The van der Waals surface area contributed by atoms with E-state index in [1.165, 1.54) is 29.2 Å². The lowest BCUT2D eigenvalue weighted by molar-refractivity contribution is -0.139. The fourth-order valence-electron chi connectivity index (χ4n) is 3.84. The maximum absolute atomic E-state index is 13.4. The summed E-state index contributed by atoms with van der Waals surface area (Å²) >= 11 is 0. The minimum absolute atomic E-state index is 0.336. The molecule has 2 aromatic rings. The number of rotatable bonds is 8. The number of unbranched alkanes of at least 4 members (excludes halogenated alkanes) is 1. The fraction of sp³-hybridized carbons (Fsp3) is 0.375. The van der Waals surface area contributed by atoms with Crippen molar-refractivity contribution < 1.29 is 18.8 Å². The number of halogens is 1. The molecule has 4 amide bonds.